The molecule has 1 aromatic heterocycles. The molecule has 0 unspecified atom stereocenters. The van der Waals surface area contributed by atoms with Crippen molar-refractivity contribution in [2.24, 2.45) is 0 Å². The molecule has 0 aliphatic heterocycles. The molecule has 0 spiro atoms. The van der Waals surface area contributed by atoms with E-state index in [0.29, 0.717) is 25.3 Å². The number of aryl methyl sites for hydroxylation is 3. The van der Waals surface area contributed by atoms with Gasteiger partial charge in [0.2, 0.25) is 10.0 Å². The molecule has 0 aliphatic carbocycles. The summed E-state index contributed by atoms with van der Waals surface area (Å²) in [6, 6.07) is 13.2. The summed E-state index contributed by atoms with van der Waals surface area (Å²) < 4.78 is 35.3. The van der Waals surface area contributed by atoms with Crippen LogP contribution in [0.5, 0.6) is 5.75 Å². The van der Waals surface area contributed by atoms with Gasteiger partial charge in [-0.3, -0.25) is 0 Å². The Balaban J connectivity index is 1.62. The number of methoxy groups -OCH3 is 1. The van der Waals surface area contributed by atoms with Gasteiger partial charge in [0.15, 0.2) is 0 Å². The van der Waals surface area contributed by atoms with Crippen LogP contribution in [-0.2, 0) is 16.6 Å². The Morgan fingerprint density at radius 1 is 1.11 bits per heavy atom. The average Bonchev–Trinajstić information content (AvgIpc) is 3.14. The fraction of sp³-hybridized carbons (Fsp3) is 0.286. The average molecular weight is 400 g/mol. The molecule has 1 heterocycles. The zero-order valence-corrected chi connectivity index (χ0v) is 17.2. The summed E-state index contributed by atoms with van der Waals surface area (Å²) in [6.45, 7) is 4.70. The third kappa shape index (κ3) is 4.43. The van der Waals surface area contributed by atoms with E-state index >= 15 is 0 Å². The summed E-state index contributed by atoms with van der Waals surface area (Å²) in [5, 5.41) is 0. The fourth-order valence-electron chi connectivity index (χ4n) is 3.26. The molecule has 3 aromatic rings. The van der Waals surface area contributed by atoms with Crippen LogP contribution in [0, 0.1) is 13.8 Å². The molecule has 2 aromatic carbocycles. The number of nitrogens with one attached hydrogen (secondary N) is 1. The normalized spacial score (nSPS) is 11.5. The first-order chi connectivity index (χ1) is 13.4. The number of hydrogen-bond acceptors (Lipinski definition) is 4. The summed E-state index contributed by atoms with van der Waals surface area (Å²) in [5.41, 5.74) is 2.64. The smallest absolute Gasteiger partial charge is 0.240 e. The predicted molar refractivity (Wildman–Crippen MR) is 110 cm³/mol. The van der Waals surface area contributed by atoms with Gasteiger partial charge in [-0.15, -0.1) is 0 Å². The van der Waals surface area contributed by atoms with Crippen molar-refractivity contribution in [1.82, 2.24) is 14.3 Å². The minimum absolute atomic E-state index is 0.260. The molecule has 0 saturated heterocycles. The minimum atomic E-state index is -3.56. The Bertz CT molecular complexity index is 1020. The lowest BCUT2D eigenvalue weighted by molar-refractivity contribution is 0.408. The van der Waals surface area contributed by atoms with Crippen molar-refractivity contribution < 1.29 is 13.2 Å². The van der Waals surface area contributed by atoms with Gasteiger partial charge >= 0.3 is 0 Å². The molecule has 0 amide bonds. The molecule has 0 saturated carbocycles. The SMILES string of the molecule is COc1c(C)cc(S(=O)(=O)NCCCn2ccnc2-c2ccccc2)cc1C. The number of imidazole rings is 1. The topological polar surface area (TPSA) is 73.2 Å². The van der Waals surface area contributed by atoms with E-state index in [4.69, 9.17) is 4.74 Å². The number of aromatic nitrogens is 2. The number of ether oxygens (including phenoxy) is 1. The first kappa shape index (κ1) is 20.1. The van der Waals surface area contributed by atoms with Gasteiger partial charge < -0.3 is 9.30 Å². The highest BCUT2D eigenvalue weighted by Gasteiger charge is 2.17. The highest BCUT2D eigenvalue weighted by molar-refractivity contribution is 7.89. The zero-order chi connectivity index (χ0) is 20.1. The Morgan fingerprint density at radius 2 is 1.79 bits per heavy atom. The molecule has 7 heteroatoms. The Labute approximate surface area is 166 Å². The van der Waals surface area contributed by atoms with Gasteiger partial charge in [0.05, 0.1) is 12.0 Å². The van der Waals surface area contributed by atoms with E-state index in [-0.39, 0.29) is 4.90 Å². The predicted octanol–water partition coefficient (Wildman–Crippen LogP) is 3.54. The van der Waals surface area contributed by atoms with Gasteiger partial charge in [0, 0.05) is 31.0 Å². The molecule has 0 bridgehead atoms. The summed E-state index contributed by atoms with van der Waals surface area (Å²) >= 11 is 0. The molecule has 0 atom stereocenters. The molecule has 28 heavy (non-hydrogen) atoms. The summed E-state index contributed by atoms with van der Waals surface area (Å²) in [5.74, 6) is 1.59. The van der Waals surface area contributed by atoms with Crippen molar-refractivity contribution >= 4 is 10.0 Å². The largest absolute Gasteiger partial charge is 0.496 e. The van der Waals surface area contributed by atoms with Crippen molar-refractivity contribution in [1.29, 1.82) is 0 Å². The molecule has 148 valence electrons. The lowest BCUT2D eigenvalue weighted by Crippen LogP contribution is -2.25. The van der Waals surface area contributed by atoms with Crippen LogP contribution in [0.25, 0.3) is 11.4 Å². The Hall–Kier alpha value is -2.64. The van der Waals surface area contributed by atoms with Crippen molar-refractivity contribution in [3.63, 3.8) is 0 Å². The van der Waals surface area contributed by atoms with Gasteiger partial charge in [0.1, 0.15) is 11.6 Å². The van der Waals surface area contributed by atoms with Crippen molar-refractivity contribution in [2.45, 2.75) is 31.7 Å². The van der Waals surface area contributed by atoms with Crippen molar-refractivity contribution in [3.8, 4) is 17.1 Å². The van der Waals surface area contributed by atoms with Gasteiger partial charge in [-0.25, -0.2) is 18.1 Å². The third-order valence-electron chi connectivity index (χ3n) is 4.56. The van der Waals surface area contributed by atoms with Crippen LogP contribution in [0.4, 0.5) is 0 Å². The van der Waals surface area contributed by atoms with E-state index in [0.717, 1.165) is 22.5 Å². The second kappa shape index (κ2) is 8.58. The van der Waals surface area contributed by atoms with Gasteiger partial charge in [-0.2, -0.15) is 0 Å². The van der Waals surface area contributed by atoms with Crippen LogP contribution in [0.3, 0.4) is 0 Å². The summed E-state index contributed by atoms with van der Waals surface area (Å²) in [7, 11) is -1.98. The molecule has 0 radical (unpaired) electrons. The molecule has 3 rings (SSSR count). The van der Waals surface area contributed by atoms with E-state index in [1.807, 2.05) is 54.9 Å². The van der Waals surface area contributed by atoms with E-state index in [2.05, 4.69) is 9.71 Å². The number of benzene rings is 2. The van der Waals surface area contributed by atoms with Gasteiger partial charge in [0.25, 0.3) is 0 Å². The van der Waals surface area contributed by atoms with E-state index < -0.39 is 10.0 Å². The molecular formula is C21H25N3O3S. The van der Waals surface area contributed by atoms with E-state index in [9.17, 15) is 8.42 Å². The first-order valence-electron chi connectivity index (χ1n) is 9.14. The maximum absolute atomic E-state index is 12.6. The number of hydrogen-bond donors (Lipinski definition) is 1. The lowest BCUT2D eigenvalue weighted by atomic mass is 10.1. The highest BCUT2D eigenvalue weighted by Crippen LogP contribution is 2.26. The maximum Gasteiger partial charge on any atom is 0.240 e. The van der Waals surface area contributed by atoms with Crippen LogP contribution < -0.4 is 9.46 Å². The molecule has 1 N–H and O–H groups in total. The second-order valence-electron chi connectivity index (χ2n) is 6.65. The van der Waals surface area contributed by atoms with Crippen LogP contribution in [0.15, 0.2) is 59.8 Å². The molecular weight excluding hydrogens is 374 g/mol. The van der Waals surface area contributed by atoms with Gasteiger partial charge in [-0.05, 0) is 43.5 Å². The number of rotatable bonds is 8. The number of nitrogens with zero attached hydrogens (tertiary/aromatic N) is 2. The van der Waals surface area contributed by atoms with Crippen molar-refractivity contribution in [2.75, 3.05) is 13.7 Å². The fourth-order valence-corrected chi connectivity index (χ4v) is 4.51. The highest BCUT2D eigenvalue weighted by atomic mass is 32.2. The third-order valence-corrected chi connectivity index (χ3v) is 6.00. The standard InChI is InChI=1S/C21H25N3O3S/c1-16-14-19(15-17(2)20(16)27-3)28(25,26)23-10-7-12-24-13-11-22-21(24)18-8-5-4-6-9-18/h4-6,8-9,11,13-15,23H,7,10,12H2,1-3H3. The van der Waals surface area contributed by atoms with E-state index in [1.54, 1.807) is 25.4 Å². The van der Waals surface area contributed by atoms with Gasteiger partial charge in [-0.1, -0.05) is 30.3 Å². The van der Waals surface area contributed by atoms with Crippen LogP contribution >= 0.6 is 0 Å². The number of sulfonamides is 1. The van der Waals surface area contributed by atoms with Crippen LogP contribution in [0.2, 0.25) is 0 Å². The quantitative estimate of drug-likeness (QED) is 0.588. The molecule has 0 aliphatic rings. The van der Waals surface area contributed by atoms with Crippen LogP contribution in [-0.4, -0.2) is 31.6 Å². The molecule has 6 nitrogen and oxygen atoms in total. The van der Waals surface area contributed by atoms with Crippen LogP contribution in [0.1, 0.15) is 17.5 Å². The van der Waals surface area contributed by atoms with Crippen molar-refractivity contribution in [3.05, 3.63) is 66.0 Å². The monoisotopic (exact) mass is 399 g/mol. The summed E-state index contributed by atoms with van der Waals surface area (Å²) in [4.78, 5) is 4.67. The first-order valence-corrected chi connectivity index (χ1v) is 10.6. The minimum Gasteiger partial charge on any atom is -0.496 e. The lowest BCUT2D eigenvalue weighted by Gasteiger charge is -2.13. The summed E-state index contributed by atoms with van der Waals surface area (Å²) in [6.07, 6.45) is 4.33. The molecule has 0 fully saturated rings. The maximum atomic E-state index is 12.6. The van der Waals surface area contributed by atoms with E-state index in [1.165, 1.54) is 0 Å². The zero-order valence-electron chi connectivity index (χ0n) is 16.3. The Morgan fingerprint density at radius 3 is 2.43 bits per heavy atom. The second-order valence-corrected chi connectivity index (χ2v) is 8.42. The Kier molecular flexibility index (Phi) is 6.16.